The molecule has 0 saturated heterocycles. The molecular weight excluding hydrogens is 326 g/mol. The third kappa shape index (κ3) is 5.93. The number of carbonyl (C=O) groups is 2. The number of benzene rings is 2. The monoisotopic (exact) mass is 345 g/mol. The minimum absolute atomic E-state index is 0.258. The zero-order valence-electron chi connectivity index (χ0n) is 13.2. The van der Waals surface area contributed by atoms with Crippen molar-refractivity contribution in [3.63, 3.8) is 0 Å². The van der Waals surface area contributed by atoms with E-state index in [1.54, 1.807) is 0 Å². The molecule has 0 bridgehead atoms. The predicted molar refractivity (Wildman–Crippen MR) is 94.8 cm³/mol. The predicted octanol–water partition coefficient (Wildman–Crippen LogP) is 2.28. The Labute approximate surface area is 146 Å². The van der Waals surface area contributed by atoms with Gasteiger partial charge in [-0.15, -0.1) is 0 Å². The summed E-state index contributed by atoms with van der Waals surface area (Å²) in [4.78, 5) is 23.5. The van der Waals surface area contributed by atoms with E-state index in [0.717, 1.165) is 11.1 Å². The minimum atomic E-state index is -0.719. The number of amides is 3. The van der Waals surface area contributed by atoms with Crippen LogP contribution in [0.2, 0.25) is 5.02 Å². The fourth-order valence-electron chi connectivity index (χ4n) is 2.34. The number of rotatable bonds is 7. The van der Waals surface area contributed by atoms with Gasteiger partial charge < -0.3 is 16.4 Å². The van der Waals surface area contributed by atoms with Crippen molar-refractivity contribution in [2.24, 2.45) is 5.73 Å². The maximum Gasteiger partial charge on any atom is 0.312 e. The van der Waals surface area contributed by atoms with Gasteiger partial charge in [0.1, 0.15) is 6.04 Å². The molecule has 1 unspecified atom stereocenters. The standard InChI is InChI=1S/C18H20ClN3O2/c19-15-8-6-13(7-9-15)10-11-21-17(23)16(22-18(20)24)12-14-4-2-1-3-5-14/h1-9,16H,10-12H2,(H,21,23)(H3,20,22,24). The fourth-order valence-corrected chi connectivity index (χ4v) is 2.46. The zero-order chi connectivity index (χ0) is 17.4. The first-order valence-corrected chi connectivity index (χ1v) is 8.04. The molecule has 5 nitrogen and oxygen atoms in total. The molecule has 3 amide bonds. The van der Waals surface area contributed by atoms with Crippen LogP contribution in [0.25, 0.3) is 0 Å². The van der Waals surface area contributed by atoms with Crippen molar-refractivity contribution in [3.8, 4) is 0 Å². The van der Waals surface area contributed by atoms with Crippen LogP contribution in [0, 0.1) is 0 Å². The van der Waals surface area contributed by atoms with Crippen LogP contribution in [0.3, 0.4) is 0 Å². The molecule has 0 fully saturated rings. The van der Waals surface area contributed by atoms with Gasteiger partial charge in [-0.25, -0.2) is 4.79 Å². The smallest absolute Gasteiger partial charge is 0.312 e. The Hall–Kier alpha value is -2.53. The lowest BCUT2D eigenvalue weighted by Gasteiger charge is -2.17. The molecule has 0 aromatic heterocycles. The summed E-state index contributed by atoms with van der Waals surface area (Å²) in [6, 6.07) is 15.5. The number of primary amides is 1. The molecule has 0 aliphatic carbocycles. The number of halogens is 1. The Morgan fingerprint density at radius 2 is 1.67 bits per heavy atom. The molecule has 24 heavy (non-hydrogen) atoms. The topological polar surface area (TPSA) is 84.2 Å². The Morgan fingerprint density at radius 3 is 2.29 bits per heavy atom. The van der Waals surface area contributed by atoms with Crippen molar-refractivity contribution >= 4 is 23.5 Å². The van der Waals surface area contributed by atoms with Gasteiger partial charge in [0.2, 0.25) is 5.91 Å². The van der Waals surface area contributed by atoms with Crippen LogP contribution in [0.1, 0.15) is 11.1 Å². The number of hydrogen-bond acceptors (Lipinski definition) is 2. The molecule has 0 heterocycles. The van der Waals surface area contributed by atoms with E-state index in [1.807, 2.05) is 54.6 Å². The van der Waals surface area contributed by atoms with E-state index >= 15 is 0 Å². The highest BCUT2D eigenvalue weighted by molar-refractivity contribution is 6.30. The normalized spacial score (nSPS) is 11.5. The van der Waals surface area contributed by atoms with Crippen LogP contribution < -0.4 is 16.4 Å². The van der Waals surface area contributed by atoms with Crippen LogP contribution in [-0.4, -0.2) is 24.5 Å². The summed E-state index contributed by atoms with van der Waals surface area (Å²) < 4.78 is 0. The van der Waals surface area contributed by atoms with Gasteiger partial charge in [0.05, 0.1) is 0 Å². The van der Waals surface area contributed by atoms with Gasteiger partial charge in [-0.2, -0.15) is 0 Å². The summed E-state index contributed by atoms with van der Waals surface area (Å²) in [5.41, 5.74) is 7.20. The minimum Gasteiger partial charge on any atom is -0.354 e. The molecule has 0 radical (unpaired) electrons. The van der Waals surface area contributed by atoms with Gasteiger partial charge in [0, 0.05) is 18.0 Å². The maximum atomic E-state index is 12.3. The lowest BCUT2D eigenvalue weighted by Crippen LogP contribution is -2.50. The summed E-state index contributed by atoms with van der Waals surface area (Å²) in [5, 5.41) is 6.00. The number of carbonyl (C=O) groups excluding carboxylic acids is 2. The second-order valence-electron chi connectivity index (χ2n) is 5.42. The van der Waals surface area contributed by atoms with Gasteiger partial charge in [-0.05, 0) is 29.7 Å². The van der Waals surface area contributed by atoms with Gasteiger partial charge in [-0.3, -0.25) is 4.79 Å². The van der Waals surface area contributed by atoms with Crippen molar-refractivity contribution in [2.45, 2.75) is 18.9 Å². The van der Waals surface area contributed by atoms with Crippen LogP contribution in [0.5, 0.6) is 0 Å². The summed E-state index contributed by atoms with van der Waals surface area (Å²) in [5.74, 6) is -0.258. The van der Waals surface area contributed by atoms with Crippen molar-refractivity contribution in [2.75, 3.05) is 6.54 Å². The summed E-state index contributed by atoms with van der Waals surface area (Å²) in [7, 11) is 0. The molecule has 0 aliphatic rings. The quantitative estimate of drug-likeness (QED) is 0.719. The zero-order valence-corrected chi connectivity index (χ0v) is 13.9. The van der Waals surface area contributed by atoms with Crippen LogP contribution >= 0.6 is 11.6 Å². The second kappa shape index (κ2) is 8.93. The van der Waals surface area contributed by atoms with Crippen molar-refractivity contribution in [1.29, 1.82) is 0 Å². The first-order valence-electron chi connectivity index (χ1n) is 7.66. The molecular formula is C18H20ClN3O2. The van der Waals surface area contributed by atoms with Crippen LogP contribution in [0.15, 0.2) is 54.6 Å². The van der Waals surface area contributed by atoms with Crippen LogP contribution in [0.4, 0.5) is 4.79 Å². The number of urea groups is 1. The van der Waals surface area contributed by atoms with Gasteiger partial charge in [0.15, 0.2) is 0 Å². The molecule has 6 heteroatoms. The van der Waals surface area contributed by atoms with E-state index in [-0.39, 0.29) is 5.91 Å². The van der Waals surface area contributed by atoms with E-state index < -0.39 is 12.1 Å². The molecule has 1 atom stereocenters. The Balaban J connectivity index is 1.89. The highest BCUT2D eigenvalue weighted by Gasteiger charge is 2.19. The third-order valence-corrected chi connectivity index (χ3v) is 3.79. The van der Waals surface area contributed by atoms with Crippen LogP contribution in [-0.2, 0) is 17.6 Å². The van der Waals surface area contributed by atoms with E-state index in [9.17, 15) is 9.59 Å². The first kappa shape index (κ1) is 17.8. The average molecular weight is 346 g/mol. The van der Waals surface area contributed by atoms with Gasteiger partial charge >= 0.3 is 6.03 Å². The summed E-state index contributed by atoms with van der Waals surface area (Å²) >= 11 is 5.84. The molecule has 2 aromatic carbocycles. The van der Waals surface area contributed by atoms with E-state index in [2.05, 4.69) is 10.6 Å². The first-order chi connectivity index (χ1) is 11.5. The molecule has 4 N–H and O–H groups in total. The molecule has 0 saturated carbocycles. The number of nitrogens with two attached hydrogens (primary N) is 1. The second-order valence-corrected chi connectivity index (χ2v) is 5.85. The van der Waals surface area contributed by atoms with Crippen molar-refractivity contribution < 1.29 is 9.59 Å². The summed E-state index contributed by atoms with van der Waals surface area (Å²) in [6.45, 7) is 0.464. The molecule has 2 rings (SSSR count). The van der Waals surface area contributed by atoms with Crippen molar-refractivity contribution in [3.05, 3.63) is 70.7 Å². The Bertz CT molecular complexity index is 674. The number of hydrogen-bond donors (Lipinski definition) is 3. The Morgan fingerprint density at radius 1 is 1.00 bits per heavy atom. The third-order valence-electron chi connectivity index (χ3n) is 3.54. The highest BCUT2D eigenvalue weighted by atomic mass is 35.5. The van der Waals surface area contributed by atoms with E-state index in [0.29, 0.717) is 24.4 Å². The van der Waals surface area contributed by atoms with Crippen molar-refractivity contribution in [1.82, 2.24) is 10.6 Å². The number of nitrogens with one attached hydrogen (secondary N) is 2. The molecule has 126 valence electrons. The summed E-state index contributed by atoms with van der Waals surface area (Å²) in [6.07, 6.45) is 1.06. The van der Waals surface area contributed by atoms with Gasteiger partial charge in [0.25, 0.3) is 0 Å². The molecule has 0 aliphatic heterocycles. The Kier molecular flexibility index (Phi) is 6.63. The van der Waals surface area contributed by atoms with E-state index in [4.69, 9.17) is 17.3 Å². The fraction of sp³-hybridized carbons (Fsp3) is 0.222. The average Bonchev–Trinajstić information content (AvgIpc) is 2.56. The largest absolute Gasteiger partial charge is 0.354 e. The van der Waals surface area contributed by atoms with Gasteiger partial charge in [-0.1, -0.05) is 54.1 Å². The SMILES string of the molecule is NC(=O)NC(Cc1ccccc1)C(=O)NCCc1ccc(Cl)cc1. The lowest BCUT2D eigenvalue weighted by molar-refractivity contribution is -0.122. The molecule has 2 aromatic rings. The highest BCUT2D eigenvalue weighted by Crippen LogP contribution is 2.09. The maximum absolute atomic E-state index is 12.3. The van der Waals surface area contributed by atoms with E-state index in [1.165, 1.54) is 0 Å². The lowest BCUT2D eigenvalue weighted by atomic mass is 10.1. The molecule has 0 spiro atoms.